The molecule has 3 fully saturated rings. The van der Waals surface area contributed by atoms with Gasteiger partial charge in [-0.1, -0.05) is 0 Å². The lowest BCUT2D eigenvalue weighted by Gasteiger charge is -2.43. The maximum atomic E-state index is 12.3. The lowest BCUT2D eigenvalue weighted by atomic mass is 9.93. The summed E-state index contributed by atoms with van der Waals surface area (Å²) >= 11 is 0. The van der Waals surface area contributed by atoms with Crippen molar-refractivity contribution in [1.82, 2.24) is 15.1 Å². The molecule has 0 radical (unpaired) electrons. The lowest BCUT2D eigenvalue weighted by Crippen LogP contribution is -2.51. The van der Waals surface area contributed by atoms with Crippen LogP contribution in [0.1, 0.15) is 52.4 Å². The third-order valence-corrected chi connectivity index (χ3v) is 5.49. The number of carbonyl (C=O) groups excluding carboxylic acids is 1. The zero-order valence-corrected chi connectivity index (χ0v) is 13.7. The molecule has 2 aliphatic heterocycles. The van der Waals surface area contributed by atoms with E-state index in [2.05, 4.69) is 29.0 Å². The van der Waals surface area contributed by atoms with Gasteiger partial charge in [0.15, 0.2) is 0 Å². The Balaban J connectivity index is 1.48. The van der Waals surface area contributed by atoms with Crippen LogP contribution in [0.4, 0.5) is 0 Å². The number of piperidine rings is 2. The van der Waals surface area contributed by atoms with Crippen LogP contribution >= 0.6 is 0 Å². The van der Waals surface area contributed by atoms with Gasteiger partial charge in [-0.2, -0.15) is 0 Å². The maximum Gasteiger partial charge on any atom is 0.224 e. The number of amides is 1. The molecule has 2 saturated heterocycles. The van der Waals surface area contributed by atoms with E-state index in [9.17, 15) is 4.79 Å². The molecule has 4 nitrogen and oxygen atoms in total. The summed E-state index contributed by atoms with van der Waals surface area (Å²) in [6, 6.07) is 1.88. The van der Waals surface area contributed by atoms with Crippen molar-refractivity contribution in [3.05, 3.63) is 0 Å². The molecule has 120 valence electrons. The van der Waals surface area contributed by atoms with Crippen molar-refractivity contribution in [3.63, 3.8) is 0 Å². The van der Waals surface area contributed by atoms with E-state index < -0.39 is 0 Å². The molecule has 1 atom stereocenters. The number of rotatable bonds is 4. The van der Waals surface area contributed by atoms with Gasteiger partial charge in [0.05, 0.1) is 5.92 Å². The Bertz CT molecular complexity index is 359. The van der Waals surface area contributed by atoms with E-state index in [1.165, 1.54) is 51.7 Å². The Kier molecular flexibility index (Phi) is 4.85. The number of hydrogen-bond acceptors (Lipinski definition) is 3. The van der Waals surface area contributed by atoms with Crippen molar-refractivity contribution in [2.75, 3.05) is 26.2 Å². The fourth-order valence-corrected chi connectivity index (χ4v) is 3.87. The van der Waals surface area contributed by atoms with Crippen LogP contribution in [0.5, 0.6) is 0 Å². The molecule has 4 heteroatoms. The van der Waals surface area contributed by atoms with E-state index in [4.69, 9.17) is 0 Å². The van der Waals surface area contributed by atoms with Crippen LogP contribution in [-0.4, -0.2) is 60.0 Å². The van der Waals surface area contributed by atoms with E-state index in [1.54, 1.807) is 0 Å². The molecule has 3 aliphatic rings. The zero-order valence-electron chi connectivity index (χ0n) is 13.7. The van der Waals surface area contributed by atoms with Crippen molar-refractivity contribution >= 4 is 5.91 Å². The van der Waals surface area contributed by atoms with Crippen LogP contribution in [0.3, 0.4) is 0 Å². The highest BCUT2D eigenvalue weighted by atomic mass is 16.2. The first-order chi connectivity index (χ1) is 10.1. The summed E-state index contributed by atoms with van der Waals surface area (Å²) in [5.74, 6) is 0.560. The summed E-state index contributed by atoms with van der Waals surface area (Å²) in [5, 5.41) is 3.20. The van der Waals surface area contributed by atoms with Gasteiger partial charge in [0.25, 0.3) is 0 Å². The second-order valence-electron chi connectivity index (χ2n) is 7.48. The van der Waals surface area contributed by atoms with Crippen LogP contribution in [0, 0.1) is 5.92 Å². The number of nitrogens with zero attached hydrogens (tertiary/aromatic N) is 2. The largest absolute Gasteiger partial charge is 0.353 e. The number of carbonyl (C=O) groups is 1. The van der Waals surface area contributed by atoms with Crippen LogP contribution < -0.4 is 5.32 Å². The Morgan fingerprint density at radius 2 is 1.76 bits per heavy atom. The molecule has 0 spiro atoms. The molecule has 1 saturated carbocycles. The number of likely N-dealkylation sites (tertiary alicyclic amines) is 2. The van der Waals surface area contributed by atoms with Crippen LogP contribution in [-0.2, 0) is 4.79 Å². The highest BCUT2D eigenvalue weighted by Crippen LogP contribution is 2.26. The van der Waals surface area contributed by atoms with E-state index in [-0.39, 0.29) is 5.92 Å². The highest BCUT2D eigenvalue weighted by Gasteiger charge is 2.33. The van der Waals surface area contributed by atoms with Crippen LogP contribution in [0.15, 0.2) is 0 Å². The van der Waals surface area contributed by atoms with Crippen molar-refractivity contribution < 1.29 is 4.79 Å². The minimum atomic E-state index is 0.238. The Hall–Kier alpha value is -0.610. The van der Waals surface area contributed by atoms with Gasteiger partial charge in [0, 0.05) is 24.7 Å². The second-order valence-corrected chi connectivity index (χ2v) is 7.48. The summed E-state index contributed by atoms with van der Waals surface area (Å²) < 4.78 is 0. The number of hydrogen-bond donors (Lipinski definition) is 1. The van der Waals surface area contributed by atoms with Crippen molar-refractivity contribution in [1.29, 1.82) is 0 Å². The van der Waals surface area contributed by atoms with Gasteiger partial charge in [-0.15, -0.1) is 0 Å². The smallest absolute Gasteiger partial charge is 0.224 e. The monoisotopic (exact) mass is 293 g/mol. The molecule has 0 unspecified atom stereocenters. The summed E-state index contributed by atoms with van der Waals surface area (Å²) in [4.78, 5) is 17.5. The lowest BCUT2D eigenvalue weighted by molar-refractivity contribution is -0.127. The maximum absolute atomic E-state index is 12.3. The summed E-state index contributed by atoms with van der Waals surface area (Å²) in [6.45, 7) is 9.21. The fraction of sp³-hybridized carbons (Fsp3) is 0.941. The van der Waals surface area contributed by atoms with Gasteiger partial charge in [-0.05, 0) is 72.0 Å². The van der Waals surface area contributed by atoms with E-state index >= 15 is 0 Å². The minimum Gasteiger partial charge on any atom is -0.353 e. The SMILES string of the molecule is CC(C)N1CCC(N2CCC[C@H](C(=O)NC3CC3)C2)CC1. The van der Waals surface area contributed by atoms with E-state index in [0.717, 1.165) is 13.0 Å². The average molecular weight is 293 g/mol. The first-order valence-corrected chi connectivity index (χ1v) is 8.92. The van der Waals surface area contributed by atoms with Gasteiger partial charge >= 0.3 is 0 Å². The number of nitrogens with one attached hydrogen (secondary N) is 1. The molecule has 0 aromatic carbocycles. The second kappa shape index (κ2) is 6.66. The molecule has 0 aromatic heterocycles. The van der Waals surface area contributed by atoms with Gasteiger partial charge < -0.3 is 10.2 Å². The predicted molar refractivity (Wildman–Crippen MR) is 85.2 cm³/mol. The van der Waals surface area contributed by atoms with Crippen molar-refractivity contribution in [3.8, 4) is 0 Å². The summed E-state index contributed by atoms with van der Waals surface area (Å²) in [6.07, 6.45) is 7.20. The molecular formula is C17H31N3O. The van der Waals surface area contributed by atoms with Gasteiger partial charge in [-0.3, -0.25) is 9.69 Å². The first-order valence-electron chi connectivity index (χ1n) is 8.92. The molecule has 3 rings (SSSR count). The molecule has 1 aliphatic carbocycles. The fourth-order valence-electron chi connectivity index (χ4n) is 3.87. The minimum absolute atomic E-state index is 0.238. The Morgan fingerprint density at radius 1 is 1.05 bits per heavy atom. The molecule has 1 N–H and O–H groups in total. The molecule has 21 heavy (non-hydrogen) atoms. The van der Waals surface area contributed by atoms with Crippen molar-refractivity contribution in [2.24, 2.45) is 5.92 Å². The molecular weight excluding hydrogens is 262 g/mol. The van der Waals surface area contributed by atoms with Crippen LogP contribution in [0.25, 0.3) is 0 Å². The topological polar surface area (TPSA) is 35.6 Å². The first kappa shape index (κ1) is 15.3. The summed E-state index contributed by atoms with van der Waals surface area (Å²) in [5.41, 5.74) is 0. The normalized spacial score (nSPS) is 29.8. The van der Waals surface area contributed by atoms with E-state index in [0.29, 0.717) is 24.0 Å². The predicted octanol–water partition coefficient (Wildman–Crippen LogP) is 1.85. The van der Waals surface area contributed by atoms with Gasteiger partial charge in [-0.25, -0.2) is 0 Å². The molecule has 0 bridgehead atoms. The quantitative estimate of drug-likeness (QED) is 0.859. The highest BCUT2D eigenvalue weighted by molar-refractivity contribution is 5.79. The third kappa shape index (κ3) is 3.98. The molecule has 2 heterocycles. The Labute approximate surface area is 129 Å². The standard InChI is InChI=1S/C17H31N3O/c1-13(2)19-10-7-16(8-11-19)20-9-3-4-14(12-20)17(21)18-15-5-6-15/h13-16H,3-12H2,1-2H3,(H,18,21)/t14-/m0/s1. The third-order valence-electron chi connectivity index (χ3n) is 5.49. The van der Waals surface area contributed by atoms with Crippen molar-refractivity contribution in [2.45, 2.75) is 70.5 Å². The van der Waals surface area contributed by atoms with Gasteiger partial charge in [0.2, 0.25) is 5.91 Å². The van der Waals surface area contributed by atoms with E-state index in [1.807, 2.05) is 0 Å². The Morgan fingerprint density at radius 3 is 2.38 bits per heavy atom. The van der Waals surface area contributed by atoms with Gasteiger partial charge in [0.1, 0.15) is 0 Å². The van der Waals surface area contributed by atoms with Crippen LogP contribution in [0.2, 0.25) is 0 Å². The summed E-state index contributed by atoms with van der Waals surface area (Å²) in [7, 11) is 0. The zero-order chi connectivity index (χ0) is 14.8. The molecule has 0 aromatic rings. The molecule has 1 amide bonds. The average Bonchev–Trinajstić information content (AvgIpc) is 3.31.